The molecule has 0 aromatic heterocycles. The fourth-order valence-corrected chi connectivity index (χ4v) is 3.18. The van der Waals surface area contributed by atoms with Gasteiger partial charge in [-0.15, -0.1) is 0 Å². The second kappa shape index (κ2) is 5.31. The Balaban J connectivity index is 2.45. The van der Waals surface area contributed by atoms with Gasteiger partial charge in [0, 0.05) is 12.0 Å². The molecular weight excluding hydrogens is 222 g/mol. The molecule has 0 radical (unpaired) electrons. The van der Waals surface area contributed by atoms with Crippen LogP contribution in [0, 0.1) is 13.8 Å². The Hall–Kier alpha value is -1.02. The molecule has 0 saturated heterocycles. The highest BCUT2D eigenvalue weighted by Crippen LogP contribution is 2.40. The largest absolute Gasteiger partial charge is 0.496 e. The van der Waals surface area contributed by atoms with Crippen LogP contribution in [-0.2, 0) is 5.41 Å². The van der Waals surface area contributed by atoms with Gasteiger partial charge in [0.2, 0.25) is 0 Å². The van der Waals surface area contributed by atoms with Crippen molar-refractivity contribution in [2.45, 2.75) is 51.4 Å². The van der Waals surface area contributed by atoms with Crippen molar-refractivity contribution in [2.75, 3.05) is 13.7 Å². The van der Waals surface area contributed by atoms with Crippen LogP contribution in [0.5, 0.6) is 5.75 Å². The first-order chi connectivity index (χ1) is 8.63. The van der Waals surface area contributed by atoms with Crippen LogP contribution in [0.4, 0.5) is 0 Å². The highest BCUT2D eigenvalue weighted by molar-refractivity contribution is 5.45. The summed E-state index contributed by atoms with van der Waals surface area (Å²) in [7, 11) is 1.75. The van der Waals surface area contributed by atoms with Gasteiger partial charge in [-0.2, -0.15) is 0 Å². The van der Waals surface area contributed by atoms with Crippen molar-refractivity contribution in [1.29, 1.82) is 0 Å². The third-order valence-electron chi connectivity index (χ3n) is 4.65. The third-order valence-corrected chi connectivity index (χ3v) is 4.65. The summed E-state index contributed by atoms with van der Waals surface area (Å²) in [6.07, 6.45) is 6.38. The van der Waals surface area contributed by atoms with Gasteiger partial charge in [0.25, 0.3) is 0 Å². The second-order valence-electron chi connectivity index (χ2n) is 5.67. The molecule has 2 heteroatoms. The molecule has 0 aliphatic heterocycles. The molecule has 0 unspecified atom stereocenters. The average Bonchev–Trinajstić information content (AvgIpc) is 2.42. The number of benzene rings is 1. The van der Waals surface area contributed by atoms with E-state index in [1.54, 1.807) is 7.11 Å². The minimum atomic E-state index is 0.185. The summed E-state index contributed by atoms with van der Waals surface area (Å²) < 4.78 is 5.51. The van der Waals surface area contributed by atoms with Crippen LogP contribution in [-0.4, -0.2) is 13.7 Å². The minimum absolute atomic E-state index is 0.185. The summed E-state index contributed by atoms with van der Waals surface area (Å²) in [5.74, 6) is 1.00. The number of methoxy groups -OCH3 is 1. The van der Waals surface area contributed by atoms with Gasteiger partial charge < -0.3 is 10.5 Å². The van der Waals surface area contributed by atoms with E-state index < -0.39 is 0 Å². The fourth-order valence-electron chi connectivity index (χ4n) is 3.18. The second-order valence-corrected chi connectivity index (χ2v) is 5.67. The zero-order valence-electron chi connectivity index (χ0n) is 11.9. The van der Waals surface area contributed by atoms with Crippen LogP contribution in [0.1, 0.15) is 48.8 Å². The minimum Gasteiger partial charge on any atom is -0.496 e. The van der Waals surface area contributed by atoms with Crippen molar-refractivity contribution in [1.82, 2.24) is 0 Å². The van der Waals surface area contributed by atoms with E-state index in [9.17, 15) is 0 Å². The van der Waals surface area contributed by atoms with Crippen molar-refractivity contribution in [3.05, 3.63) is 28.8 Å². The maximum absolute atomic E-state index is 6.11. The van der Waals surface area contributed by atoms with E-state index in [1.165, 1.54) is 48.8 Å². The third kappa shape index (κ3) is 2.26. The summed E-state index contributed by atoms with van der Waals surface area (Å²) in [5.41, 5.74) is 10.2. The molecule has 2 rings (SSSR count). The lowest BCUT2D eigenvalue weighted by Crippen LogP contribution is -2.37. The lowest BCUT2D eigenvalue weighted by molar-refractivity contribution is 0.299. The number of nitrogens with two attached hydrogens (primary N) is 1. The van der Waals surface area contributed by atoms with Gasteiger partial charge in [-0.3, -0.25) is 0 Å². The Morgan fingerprint density at radius 3 is 2.39 bits per heavy atom. The van der Waals surface area contributed by atoms with Gasteiger partial charge in [0.15, 0.2) is 0 Å². The molecule has 1 aromatic rings. The molecule has 2 N–H and O–H groups in total. The fraction of sp³-hybridized carbons (Fsp3) is 0.625. The molecule has 1 aliphatic carbocycles. The number of rotatable bonds is 3. The van der Waals surface area contributed by atoms with Crippen LogP contribution < -0.4 is 10.5 Å². The smallest absolute Gasteiger partial charge is 0.122 e. The SMILES string of the molecule is COc1cc(C2(CN)CCCCC2)cc(C)c1C. The van der Waals surface area contributed by atoms with Gasteiger partial charge in [0.05, 0.1) is 7.11 Å². The van der Waals surface area contributed by atoms with E-state index in [-0.39, 0.29) is 5.41 Å². The first-order valence-corrected chi connectivity index (χ1v) is 6.99. The highest BCUT2D eigenvalue weighted by Gasteiger charge is 2.33. The molecular formula is C16H25NO. The summed E-state index contributed by atoms with van der Waals surface area (Å²) in [5, 5.41) is 0. The van der Waals surface area contributed by atoms with Gasteiger partial charge in [-0.05, 0) is 49.4 Å². The molecule has 0 amide bonds. The van der Waals surface area contributed by atoms with Crippen molar-refractivity contribution >= 4 is 0 Å². The van der Waals surface area contributed by atoms with Gasteiger partial charge in [-0.1, -0.05) is 25.3 Å². The number of hydrogen-bond acceptors (Lipinski definition) is 2. The molecule has 0 bridgehead atoms. The van der Waals surface area contributed by atoms with Crippen LogP contribution in [0.2, 0.25) is 0 Å². The average molecular weight is 247 g/mol. The first-order valence-electron chi connectivity index (χ1n) is 6.99. The molecule has 1 aromatic carbocycles. The van der Waals surface area contributed by atoms with E-state index in [0.29, 0.717) is 0 Å². The molecule has 100 valence electrons. The summed E-state index contributed by atoms with van der Waals surface area (Å²) >= 11 is 0. The molecule has 2 nitrogen and oxygen atoms in total. The van der Waals surface area contributed by atoms with Crippen LogP contribution >= 0.6 is 0 Å². The lowest BCUT2D eigenvalue weighted by atomic mass is 9.69. The topological polar surface area (TPSA) is 35.2 Å². The molecule has 1 saturated carbocycles. The van der Waals surface area contributed by atoms with Crippen LogP contribution in [0.15, 0.2) is 12.1 Å². The van der Waals surface area contributed by atoms with Gasteiger partial charge in [-0.25, -0.2) is 0 Å². The van der Waals surface area contributed by atoms with Crippen LogP contribution in [0.25, 0.3) is 0 Å². The Labute approximate surface area is 111 Å². The Morgan fingerprint density at radius 1 is 1.17 bits per heavy atom. The van der Waals surface area contributed by atoms with E-state index >= 15 is 0 Å². The number of aryl methyl sites for hydroxylation is 1. The maximum atomic E-state index is 6.11. The van der Waals surface area contributed by atoms with E-state index in [4.69, 9.17) is 10.5 Å². The molecule has 0 atom stereocenters. The van der Waals surface area contributed by atoms with Crippen molar-refractivity contribution in [2.24, 2.45) is 5.73 Å². The standard InChI is InChI=1S/C16H25NO/c1-12-9-14(10-15(18-3)13(12)2)16(11-17)7-5-4-6-8-16/h9-10H,4-8,11,17H2,1-3H3. The predicted molar refractivity (Wildman–Crippen MR) is 76.3 cm³/mol. The Morgan fingerprint density at radius 2 is 1.83 bits per heavy atom. The Kier molecular flexibility index (Phi) is 3.96. The quantitative estimate of drug-likeness (QED) is 0.887. The predicted octanol–water partition coefficient (Wildman–Crippen LogP) is 3.47. The van der Waals surface area contributed by atoms with Crippen molar-refractivity contribution in [3.63, 3.8) is 0 Å². The van der Waals surface area contributed by atoms with Crippen LogP contribution in [0.3, 0.4) is 0 Å². The zero-order chi connectivity index (χ0) is 13.2. The van der Waals surface area contributed by atoms with E-state index in [0.717, 1.165) is 12.3 Å². The highest BCUT2D eigenvalue weighted by atomic mass is 16.5. The molecule has 1 aliphatic rings. The lowest BCUT2D eigenvalue weighted by Gasteiger charge is -2.37. The summed E-state index contributed by atoms with van der Waals surface area (Å²) in [4.78, 5) is 0. The van der Waals surface area contributed by atoms with E-state index in [2.05, 4.69) is 26.0 Å². The summed E-state index contributed by atoms with van der Waals surface area (Å²) in [6.45, 7) is 5.03. The van der Waals surface area contributed by atoms with E-state index in [1.807, 2.05) is 0 Å². The van der Waals surface area contributed by atoms with Crippen molar-refractivity contribution in [3.8, 4) is 5.75 Å². The molecule has 18 heavy (non-hydrogen) atoms. The first kappa shape index (κ1) is 13.4. The van der Waals surface area contributed by atoms with Gasteiger partial charge >= 0.3 is 0 Å². The monoisotopic (exact) mass is 247 g/mol. The maximum Gasteiger partial charge on any atom is 0.122 e. The normalized spacial score (nSPS) is 18.7. The number of ether oxygens (including phenoxy) is 1. The molecule has 0 heterocycles. The zero-order valence-corrected chi connectivity index (χ0v) is 11.9. The van der Waals surface area contributed by atoms with Gasteiger partial charge in [0.1, 0.15) is 5.75 Å². The molecule has 1 fully saturated rings. The van der Waals surface area contributed by atoms with Crippen molar-refractivity contribution < 1.29 is 4.74 Å². The Bertz CT molecular complexity index is 419. The summed E-state index contributed by atoms with van der Waals surface area (Å²) in [6, 6.07) is 4.52. The number of hydrogen-bond donors (Lipinski definition) is 1. The molecule has 0 spiro atoms.